The molecule has 0 radical (unpaired) electrons. The number of pyridine rings is 1. The molecule has 274 valence electrons. The first-order valence-electron chi connectivity index (χ1n) is 20.2. The Hall–Kier alpha value is -7.95. The van der Waals surface area contributed by atoms with E-state index in [1.54, 1.807) is 0 Å². The smallest absolute Gasteiger partial charge is 0.263 e. The van der Waals surface area contributed by atoms with Gasteiger partial charge in [-0.05, 0) is 93.0 Å². The highest BCUT2D eigenvalue weighted by Gasteiger charge is 2.25. The van der Waals surface area contributed by atoms with E-state index in [2.05, 4.69) is 209 Å². The van der Waals surface area contributed by atoms with Gasteiger partial charge in [0.05, 0.1) is 33.0 Å². The van der Waals surface area contributed by atoms with Crippen LogP contribution in [0.3, 0.4) is 0 Å². The van der Waals surface area contributed by atoms with Crippen LogP contribution in [0, 0.1) is 0 Å². The Balaban J connectivity index is 1.29. The second-order valence-electron chi connectivity index (χ2n) is 15.6. The summed E-state index contributed by atoms with van der Waals surface area (Å²) in [5.74, 6) is 0. The lowest BCUT2D eigenvalue weighted by molar-refractivity contribution is 1.06. The lowest BCUT2D eigenvalue weighted by Gasteiger charge is -2.19. The molecule has 0 aliphatic carbocycles. The van der Waals surface area contributed by atoms with Crippen LogP contribution in [0.25, 0.3) is 115 Å². The second kappa shape index (κ2) is 12.0. The van der Waals surface area contributed by atoms with Gasteiger partial charge in [0.25, 0.3) is 5.56 Å². The van der Waals surface area contributed by atoms with Crippen molar-refractivity contribution in [3.8, 4) is 17.1 Å². The molecular weight excluding hydrogens is 719 g/mol. The van der Waals surface area contributed by atoms with E-state index in [9.17, 15) is 0 Å². The summed E-state index contributed by atoms with van der Waals surface area (Å²) in [7, 11) is 0. The van der Waals surface area contributed by atoms with Crippen molar-refractivity contribution in [2.75, 3.05) is 0 Å². The van der Waals surface area contributed by atoms with Crippen LogP contribution < -0.4 is 5.56 Å². The van der Waals surface area contributed by atoms with Crippen molar-refractivity contribution in [3.05, 3.63) is 211 Å². The molecule has 4 heteroatoms. The van der Waals surface area contributed by atoms with Crippen molar-refractivity contribution >= 4 is 97.6 Å². The second-order valence-corrected chi connectivity index (χ2v) is 15.6. The summed E-state index contributed by atoms with van der Waals surface area (Å²) in [6.07, 6.45) is 0. The van der Waals surface area contributed by atoms with Gasteiger partial charge in [0.15, 0.2) is 0 Å². The molecule has 0 aliphatic rings. The molecule has 0 saturated carbocycles. The van der Waals surface area contributed by atoms with Gasteiger partial charge >= 0.3 is 0 Å². The minimum atomic E-state index is -0.0505. The number of rotatable bonds is 3. The van der Waals surface area contributed by atoms with Crippen LogP contribution in [0.2, 0.25) is 0 Å². The number of para-hydroxylation sites is 4. The SMILES string of the molecule is O=c1c2ccc3c4ccccc4n(-c4ccccc4)c3c2c2c(ccc3c4ccccc4n(-c4ccccc4)c32)n1-c1ccc2c3ccccc3c3ccccc3c2c1. The molecular formula is C55H33N3O. The molecule has 13 rings (SSSR count). The Morgan fingerprint density at radius 3 is 1.22 bits per heavy atom. The monoisotopic (exact) mass is 751 g/mol. The molecule has 4 nitrogen and oxygen atoms in total. The van der Waals surface area contributed by atoms with Gasteiger partial charge in [-0.3, -0.25) is 9.36 Å². The highest BCUT2D eigenvalue weighted by atomic mass is 16.1. The van der Waals surface area contributed by atoms with E-state index in [0.29, 0.717) is 5.39 Å². The average Bonchev–Trinajstić information content (AvgIpc) is 3.83. The summed E-state index contributed by atoms with van der Waals surface area (Å²) >= 11 is 0. The Bertz CT molecular complexity index is 3930. The van der Waals surface area contributed by atoms with Crippen LogP contribution in [0.15, 0.2) is 205 Å². The number of hydrogen-bond acceptors (Lipinski definition) is 1. The average molecular weight is 752 g/mol. The quantitative estimate of drug-likeness (QED) is 0.165. The van der Waals surface area contributed by atoms with Gasteiger partial charge in [0.2, 0.25) is 0 Å². The highest BCUT2D eigenvalue weighted by Crippen LogP contribution is 2.44. The predicted molar refractivity (Wildman–Crippen MR) is 248 cm³/mol. The largest absolute Gasteiger partial charge is 0.309 e. The molecule has 59 heavy (non-hydrogen) atoms. The molecule has 0 bridgehead atoms. The number of benzene rings is 10. The fourth-order valence-corrected chi connectivity index (χ4v) is 10.2. The first-order chi connectivity index (χ1) is 29.2. The first-order valence-corrected chi connectivity index (χ1v) is 20.2. The molecule has 3 aromatic heterocycles. The topological polar surface area (TPSA) is 31.9 Å². The maximum Gasteiger partial charge on any atom is 0.263 e. The molecule has 0 saturated heterocycles. The fourth-order valence-electron chi connectivity index (χ4n) is 10.2. The number of nitrogens with zero attached hydrogens (tertiary/aromatic N) is 3. The summed E-state index contributed by atoms with van der Waals surface area (Å²) < 4.78 is 6.72. The zero-order valence-electron chi connectivity index (χ0n) is 31.8. The number of hydrogen-bond donors (Lipinski definition) is 0. The Morgan fingerprint density at radius 1 is 0.254 bits per heavy atom. The van der Waals surface area contributed by atoms with Gasteiger partial charge in [0, 0.05) is 49.4 Å². The third kappa shape index (κ3) is 4.35. The van der Waals surface area contributed by atoms with Crippen LogP contribution >= 0.6 is 0 Å². The van der Waals surface area contributed by atoms with Gasteiger partial charge in [-0.2, -0.15) is 0 Å². The van der Waals surface area contributed by atoms with Crippen molar-refractivity contribution in [3.63, 3.8) is 0 Å². The predicted octanol–water partition coefficient (Wildman–Crippen LogP) is 13.8. The van der Waals surface area contributed by atoms with Crippen LogP contribution in [-0.4, -0.2) is 13.7 Å². The number of fused-ring (bicyclic) bond motifs is 17. The zero-order valence-corrected chi connectivity index (χ0v) is 31.8. The molecule has 10 aromatic carbocycles. The molecule has 0 amide bonds. The van der Waals surface area contributed by atoms with Crippen molar-refractivity contribution in [1.29, 1.82) is 0 Å². The molecule has 13 aromatic rings. The van der Waals surface area contributed by atoms with Gasteiger partial charge in [-0.1, -0.05) is 140 Å². The lowest BCUT2D eigenvalue weighted by atomic mass is 9.94. The lowest BCUT2D eigenvalue weighted by Crippen LogP contribution is -2.19. The summed E-state index contributed by atoms with van der Waals surface area (Å²) in [5, 5.41) is 14.3. The molecule has 0 unspecified atom stereocenters. The first kappa shape index (κ1) is 32.2. The van der Waals surface area contributed by atoms with Gasteiger partial charge in [0.1, 0.15) is 0 Å². The summed E-state index contributed by atoms with van der Waals surface area (Å²) in [6, 6.07) is 70.9. The van der Waals surface area contributed by atoms with Gasteiger partial charge in [-0.15, -0.1) is 0 Å². The van der Waals surface area contributed by atoms with Crippen LogP contribution in [0.1, 0.15) is 0 Å². The van der Waals surface area contributed by atoms with Gasteiger partial charge in [-0.25, -0.2) is 0 Å². The van der Waals surface area contributed by atoms with Crippen LogP contribution in [0.4, 0.5) is 0 Å². The molecule has 0 N–H and O–H groups in total. The summed E-state index contributed by atoms with van der Waals surface area (Å²) in [6.45, 7) is 0. The maximum atomic E-state index is 15.7. The van der Waals surface area contributed by atoms with E-state index in [1.165, 1.54) is 32.3 Å². The zero-order chi connectivity index (χ0) is 38.8. The third-order valence-electron chi connectivity index (χ3n) is 12.6. The van der Waals surface area contributed by atoms with Crippen molar-refractivity contribution < 1.29 is 0 Å². The van der Waals surface area contributed by atoms with Crippen LogP contribution in [-0.2, 0) is 0 Å². The molecule has 0 fully saturated rings. The van der Waals surface area contributed by atoms with Gasteiger partial charge < -0.3 is 9.13 Å². The van der Waals surface area contributed by atoms with E-state index in [0.717, 1.165) is 77.0 Å². The fraction of sp³-hybridized carbons (Fsp3) is 0. The van der Waals surface area contributed by atoms with Crippen molar-refractivity contribution in [2.45, 2.75) is 0 Å². The molecule has 0 spiro atoms. The van der Waals surface area contributed by atoms with Crippen LogP contribution in [0.5, 0.6) is 0 Å². The summed E-state index contributed by atoms with van der Waals surface area (Å²) in [5.41, 5.74) is 8.07. The normalized spacial score (nSPS) is 12.1. The minimum absolute atomic E-state index is 0.0505. The maximum absolute atomic E-state index is 15.7. The Kier molecular flexibility index (Phi) is 6.56. The van der Waals surface area contributed by atoms with E-state index >= 15 is 4.79 Å². The van der Waals surface area contributed by atoms with Crippen molar-refractivity contribution in [1.82, 2.24) is 13.7 Å². The van der Waals surface area contributed by atoms with E-state index < -0.39 is 0 Å². The van der Waals surface area contributed by atoms with E-state index in [1.807, 2.05) is 4.57 Å². The molecule has 3 heterocycles. The molecule has 0 aliphatic heterocycles. The highest BCUT2D eigenvalue weighted by molar-refractivity contribution is 6.32. The third-order valence-corrected chi connectivity index (χ3v) is 12.6. The number of aromatic nitrogens is 3. The Labute approximate surface area is 337 Å². The standard InChI is InChI=1S/C55H33N3O/c59-55-46-30-29-44-42-23-11-13-25-48(42)56(34-15-3-1-4-16-34)53(44)51(46)52-50(32-31-45-43-24-12-14-26-49(43)57(54(45)52)35-17-5-2-6-18-35)58(55)36-27-28-41-39-21-8-7-19-37(39)38-20-9-10-22-40(38)47(41)33-36/h1-33H. The summed E-state index contributed by atoms with van der Waals surface area (Å²) in [4.78, 5) is 15.7. The van der Waals surface area contributed by atoms with E-state index in [4.69, 9.17) is 0 Å². The molecule has 0 atom stereocenters. The van der Waals surface area contributed by atoms with E-state index in [-0.39, 0.29) is 5.56 Å². The minimum Gasteiger partial charge on any atom is -0.309 e. The van der Waals surface area contributed by atoms with Crippen molar-refractivity contribution in [2.24, 2.45) is 0 Å². The Morgan fingerprint density at radius 2 is 0.661 bits per heavy atom.